The van der Waals surface area contributed by atoms with E-state index in [1.807, 2.05) is 0 Å². The summed E-state index contributed by atoms with van der Waals surface area (Å²) >= 11 is 0. The number of carbonyl (C=O) groups is 1. The van der Waals surface area contributed by atoms with Gasteiger partial charge in [-0.25, -0.2) is 0 Å². The maximum atomic E-state index is 10.9. The van der Waals surface area contributed by atoms with Gasteiger partial charge >= 0.3 is 5.97 Å². The first-order chi connectivity index (χ1) is 12.1. The highest BCUT2D eigenvalue weighted by atomic mass is 16.7. The van der Waals surface area contributed by atoms with Gasteiger partial charge in [0.05, 0.1) is 6.61 Å². The summed E-state index contributed by atoms with van der Waals surface area (Å²) in [5, 5.41) is 68.0. The Kier molecular flexibility index (Phi) is 7.27. The van der Waals surface area contributed by atoms with Crippen LogP contribution in [0.5, 0.6) is 0 Å². The van der Waals surface area contributed by atoms with Crippen LogP contribution in [-0.4, -0.2) is 116 Å². The summed E-state index contributed by atoms with van der Waals surface area (Å²) in [6.07, 6.45) is -15.6. The highest BCUT2D eigenvalue weighted by Crippen LogP contribution is 2.25. The highest BCUT2D eigenvalue weighted by molar-refractivity contribution is 5.65. The third-order valence-electron chi connectivity index (χ3n) is 4.23. The second-order valence-corrected chi connectivity index (χ2v) is 6.19. The molecule has 10 atom stereocenters. The zero-order valence-electron chi connectivity index (χ0n) is 13.9. The molecule has 7 N–H and O–H groups in total. The van der Waals surface area contributed by atoms with E-state index in [-0.39, 0.29) is 0 Å². The molecule has 5 unspecified atom stereocenters. The van der Waals surface area contributed by atoms with E-state index in [2.05, 4.69) is 0 Å². The lowest BCUT2D eigenvalue weighted by atomic mass is 9.98. The minimum atomic E-state index is -1.76. The molecule has 0 bridgehead atoms. The van der Waals surface area contributed by atoms with Gasteiger partial charge in [-0.2, -0.15) is 0 Å². The van der Waals surface area contributed by atoms with Crippen LogP contribution >= 0.6 is 0 Å². The van der Waals surface area contributed by atoms with Crippen LogP contribution in [0.15, 0.2) is 0 Å². The average Bonchev–Trinajstić information content (AvgIpc) is 2.60. The van der Waals surface area contributed by atoms with E-state index in [0.29, 0.717) is 0 Å². The summed E-state index contributed by atoms with van der Waals surface area (Å²) in [6, 6.07) is 0. The van der Waals surface area contributed by atoms with Crippen molar-refractivity contribution in [3.8, 4) is 0 Å². The van der Waals surface area contributed by atoms with Crippen molar-refractivity contribution in [2.24, 2.45) is 0 Å². The Labute approximate surface area is 148 Å². The van der Waals surface area contributed by atoms with Gasteiger partial charge in [0.2, 0.25) is 0 Å². The molecule has 2 aliphatic rings. The van der Waals surface area contributed by atoms with E-state index in [1.165, 1.54) is 0 Å². The Bertz CT molecular complexity index is 475. The normalized spacial score (nSPS) is 46.8. The number of hydrogen-bond donors (Lipinski definition) is 7. The molecule has 0 spiro atoms. The monoisotopic (exact) mass is 384 g/mol. The average molecular weight is 384 g/mol. The maximum Gasteiger partial charge on any atom is 0.302 e. The van der Waals surface area contributed by atoms with E-state index in [1.54, 1.807) is 0 Å². The molecule has 0 aliphatic carbocycles. The van der Waals surface area contributed by atoms with Gasteiger partial charge < -0.3 is 54.7 Å². The fourth-order valence-corrected chi connectivity index (χ4v) is 2.65. The number of esters is 1. The van der Waals surface area contributed by atoms with Crippen molar-refractivity contribution >= 4 is 5.97 Å². The molecule has 152 valence electrons. The molecule has 0 aromatic rings. The summed E-state index contributed by atoms with van der Waals surface area (Å²) in [4.78, 5) is 10.9. The van der Waals surface area contributed by atoms with Crippen molar-refractivity contribution < 1.29 is 59.5 Å². The number of ether oxygens (including phenoxy) is 4. The molecule has 0 saturated carbocycles. The predicted octanol–water partition coefficient (Wildman–Crippen LogP) is -4.83. The molecule has 2 aliphatic heterocycles. The van der Waals surface area contributed by atoms with E-state index in [4.69, 9.17) is 18.9 Å². The topological polar surface area (TPSA) is 196 Å². The van der Waals surface area contributed by atoms with Gasteiger partial charge in [0.15, 0.2) is 12.6 Å². The predicted molar refractivity (Wildman–Crippen MR) is 78.2 cm³/mol. The van der Waals surface area contributed by atoms with Gasteiger partial charge in [-0.1, -0.05) is 0 Å². The molecule has 2 heterocycles. The molecule has 2 rings (SSSR count). The van der Waals surface area contributed by atoms with E-state index < -0.39 is 80.6 Å². The minimum Gasteiger partial charge on any atom is -0.463 e. The fourth-order valence-electron chi connectivity index (χ4n) is 2.65. The van der Waals surface area contributed by atoms with E-state index in [9.17, 15) is 40.5 Å². The molecular weight excluding hydrogens is 360 g/mol. The van der Waals surface area contributed by atoms with Crippen LogP contribution < -0.4 is 0 Å². The SMILES string of the molecule is CC(=O)OCC1O[C@H](OCC2OC(O)[C@@H](O)C(O)[C@@H]2O)C(O)[C@@H](O)[C@@H]1O. The van der Waals surface area contributed by atoms with Gasteiger partial charge in [-0.15, -0.1) is 0 Å². The summed E-state index contributed by atoms with van der Waals surface area (Å²) in [5.74, 6) is -0.640. The highest BCUT2D eigenvalue weighted by Gasteiger charge is 2.47. The van der Waals surface area contributed by atoms with Gasteiger partial charge in [-0.05, 0) is 0 Å². The number of hydrogen-bond acceptors (Lipinski definition) is 12. The van der Waals surface area contributed by atoms with Gasteiger partial charge in [-0.3, -0.25) is 4.79 Å². The zero-order valence-corrected chi connectivity index (χ0v) is 13.9. The first-order valence-electron chi connectivity index (χ1n) is 7.95. The van der Waals surface area contributed by atoms with Crippen molar-refractivity contribution in [1.29, 1.82) is 0 Å². The maximum absolute atomic E-state index is 10.9. The van der Waals surface area contributed by atoms with Crippen molar-refractivity contribution in [3.05, 3.63) is 0 Å². The lowest BCUT2D eigenvalue weighted by Gasteiger charge is -2.42. The Morgan fingerprint density at radius 1 is 0.769 bits per heavy atom. The van der Waals surface area contributed by atoms with E-state index in [0.717, 1.165) is 6.92 Å². The summed E-state index contributed by atoms with van der Waals surface area (Å²) in [5.41, 5.74) is 0. The van der Waals surface area contributed by atoms with Crippen LogP contribution in [0.2, 0.25) is 0 Å². The Morgan fingerprint density at radius 3 is 1.88 bits per heavy atom. The Morgan fingerprint density at radius 2 is 1.31 bits per heavy atom. The van der Waals surface area contributed by atoms with Gasteiger partial charge in [0, 0.05) is 6.92 Å². The lowest BCUT2D eigenvalue weighted by Crippen LogP contribution is -2.61. The smallest absolute Gasteiger partial charge is 0.302 e. The van der Waals surface area contributed by atoms with Crippen molar-refractivity contribution in [1.82, 2.24) is 0 Å². The molecule has 12 nitrogen and oxygen atoms in total. The van der Waals surface area contributed by atoms with Crippen molar-refractivity contribution in [2.45, 2.75) is 68.3 Å². The van der Waals surface area contributed by atoms with Crippen LogP contribution in [0.25, 0.3) is 0 Å². The third kappa shape index (κ3) is 4.67. The second kappa shape index (κ2) is 8.84. The standard InChI is InChI=1S/C14H24O12/c1-4(15)23-2-6-8(17)10(19)12(21)14(26-6)24-3-5-7(16)9(18)11(20)13(22)25-5/h5-14,16-22H,2-3H2,1H3/t5?,6?,7-,8-,9?,10+,11+,12?,13?,14+/m1/s1. The van der Waals surface area contributed by atoms with Gasteiger partial charge in [0.1, 0.15) is 55.4 Å². The number of aliphatic hydroxyl groups excluding tert-OH is 7. The summed E-state index contributed by atoms with van der Waals surface area (Å²) < 4.78 is 20.1. The molecule has 12 heteroatoms. The van der Waals surface area contributed by atoms with Crippen molar-refractivity contribution in [3.63, 3.8) is 0 Å². The first-order valence-corrected chi connectivity index (χ1v) is 7.95. The molecule has 2 fully saturated rings. The van der Waals surface area contributed by atoms with Crippen LogP contribution in [0.3, 0.4) is 0 Å². The second-order valence-electron chi connectivity index (χ2n) is 6.19. The first kappa shape index (κ1) is 21.4. The third-order valence-corrected chi connectivity index (χ3v) is 4.23. The zero-order chi connectivity index (χ0) is 19.6. The Balaban J connectivity index is 1.95. The summed E-state index contributed by atoms with van der Waals surface area (Å²) in [6.45, 7) is 0.250. The van der Waals surface area contributed by atoms with E-state index >= 15 is 0 Å². The molecule has 0 radical (unpaired) electrons. The largest absolute Gasteiger partial charge is 0.463 e. The van der Waals surface area contributed by atoms with Crippen LogP contribution in [0.4, 0.5) is 0 Å². The quantitative estimate of drug-likeness (QED) is 0.224. The number of aliphatic hydroxyl groups is 7. The van der Waals surface area contributed by atoms with Crippen molar-refractivity contribution in [2.75, 3.05) is 13.2 Å². The minimum absolute atomic E-state index is 0.397. The molecule has 26 heavy (non-hydrogen) atoms. The van der Waals surface area contributed by atoms with Crippen LogP contribution in [0.1, 0.15) is 6.92 Å². The molecule has 0 amide bonds. The fraction of sp³-hybridized carbons (Fsp3) is 0.929. The number of carbonyl (C=O) groups excluding carboxylic acids is 1. The molecule has 2 saturated heterocycles. The molecule has 0 aromatic carbocycles. The Hall–Kier alpha value is -0.930. The molecular formula is C14H24O12. The lowest BCUT2D eigenvalue weighted by molar-refractivity contribution is -0.326. The molecule has 0 aromatic heterocycles. The van der Waals surface area contributed by atoms with Crippen LogP contribution in [0, 0.1) is 0 Å². The summed E-state index contributed by atoms with van der Waals surface area (Å²) in [7, 11) is 0. The van der Waals surface area contributed by atoms with Crippen LogP contribution in [-0.2, 0) is 23.7 Å². The van der Waals surface area contributed by atoms with Gasteiger partial charge in [0.25, 0.3) is 0 Å². The number of rotatable bonds is 5.